The molecular weight excluding hydrogens is 328 g/mol. The molecule has 0 unspecified atom stereocenters. The van der Waals surface area contributed by atoms with E-state index in [1.165, 1.54) is 6.33 Å². The Morgan fingerprint density at radius 2 is 1.50 bits per heavy atom. The molecule has 0 amide bonds. The maximum absolute atomic E-state index is 5.97. The zero-order valence-corrected chi connectivity index (χ0v) is 14.1. The van der Waals surface area contributed by atoms with Crippen LogP contribution in [-0.2, 0) is 6.54 Å². The first-order valence-electron chi connectivity index (χ1n) is 8.34. The van der Waals surface area contributed by atoms with Crippen molar-refractivity contribution in [2.24, 2.45) is 5.73 Å². The Balaban J connectivity index is 1.56. The fourth-order valence-electron chi connectivity index (χ4n) is 2.71. The van der Waals surface area contributed by atoms with Crippen LogP contribution in [-0.4, -0.2) is 21.1 Å². The second kappa shape index (κ2) is 7.25. The Labute approximate surface area is 150 Å². The highest BCUT2D eigenvalue weighted by molar-refractivity contribution is 5.80. The average molecular weight is 346 g/mol. The topological polar surface area (TPSA) is 75.2 Å². The van der Waals surface area contributed by atoms with Gasteiger partial charge in [-0.25, -0.2) is 4.98 Å². The van der Waals surface area contributed by atoms with Gasteiger partial charge in [0.1, 0.15) is 29.1 Å². The first kappa shape index (κ1) is 16.1. The monoisotopic (exact) mass is 346 g/mol. The molecule has 0 spiro atoms. The predicted octanol–water partition coefficient (Wildman–Crippen LogP) is 3.97. The normalized spacial score (nSPS) is 10.8. The van der Waals surface area contributed by atoms with Crippen molar-refractivity contribution in [3.05, 3.63) is 73.2 Å². The van der Waals surface area contributed by atoms with Crippen LogP contribution < -0.4 is 15.2 Å². The predicted molar refractivity (Wildman–Crippen MR) is 99.6 cm³/mol. The van der Waals surface area contributed by atoms with Gasteiger partial charge >= 0.3 is 0 Å². The molecule has 0 radical (unpaired) electrons. The van der Waals surface area contributed by atoms with E-state index in [9.17, 15) is 0 Å². The van der Waals surface area contributed by atoms with Crippen molar-refractivity contribution in [2.75, 3.05) is 6.54 Å². The molecule has 0 saturated heterocycles. The van der Waals surface area contributed by atoms with Crippen LogP contribution in [0.1, 0.15) is 0 Å². The van der Waals surface area contributed by atoms with Gasteiger partial charge in [-0.3, -0.25) is 0 Å². The van der Waals surface area contributed by atoms with Crippen molar-refractivity contribution in [2.45, 2.75) is 6.54 Å². The molecular formula is C20H18N4O2. The Kier molecular flexibility index (Phi) is 4.49. The van der Waals surface area contributed by atoms with Crippen molar-refractivity contribution in [3.63, 3.8) is 0 Å². The molecule has 2 aromatic heterocycles. The van der Waals surface area contributed by atoms with Gasteiger partial charge < -0.3 is 19.8 Å². The smallest absolute Gasteiger partial charge is 0.247 e. The summed E-state index contributed by atoms with van der Waals surface area (Å²) in [4.78, 5) is 8.56. The summed E-state index contributed by atoms with van der Waals surface area (Å²) in [6, 6.07) is 19.0. The molecule has 0 aliphatic heterocycles. The number of fused-ring (bicyclic) bond motifs is 1. The number of rotatable bonds is 6. The third kappa shape index (κ3) is 3.36. The van der Waals surface area contributed by atoms with Gasteiger partial charge in [0.05, 0.1) is 5.52 Å². The average Bonchev–Trinajstić information content (AvgIpc) is 3.09. The third-order valence-electron chi connectivity index (χ3n) is 3.90. The minimum absolute atomic E-state index is 0.505. The number of benzene rings is 2. The van der Waals surface area contributed by atoms with Crippen LogP contribution in [0.5, 0.6) is 23.1 Å². The van der Waals surface area contributed by atoms with E-state index in [1.807, 2.05) is 71.4 Å². The van der Waals surface area contributed by atoms with Crippen LogP contribution in [0.3, 0.4) is 0 Å². The molecule has 2 aromatic carbocycles. The Morgan fingerprint density at radius 3 is 2.23 bits per heavy atom. The van der Waals surface area contributed by atoms with Gasteiger partial charge in [0.25, 0.3) is 0 Å². The van der Waals surface area contributed by atoms with E-state index >= 15 is 0 Å². The van der Waals surface area contributed by atoms with E-state index in [-0.39, 0.29) is 0 Å². The molecule has 0 saturated carbocycles. The van der Waals surface area contributed by atoms with Crippen LogP contribution in [0, 0.1) is 0 Å². The summed E-state index contributed by atoms with van der Waals surface area (Å²) in [6.07, 6.45) is 3.44. The van der Waals surface area contributed by atoms with Gasteiger partial charge in [-0.1, -0.05) is 18.2 Å². The zero-order valence-electron chi connectivity index (χ0n) is 14.1. The molecule has 2 N–H and O–H groups in total. The maximum atomic E-state index is 5.97. The Hall–Kier alpha value is -3.38. The van der Waals surface area contributed by atoms with E-state index in [0.717, 1.165) is 22.5 Å². The number of para-hydroxylation sites is 1. The fourth-order valence-corrected chi connectivity index (χ4v) is 2.71. The second-order valence-corrected chi connectivity index (χ2v) is 5.70. The Morgan fingerprint density at radius 1 is 0.808 bits per heavy atom. The van der Waals surface area contributed by atoms with E-state index in [1.54, 1.807) is 0 Å². The number of nitrogens with two attached hydrogens (primary N) is 1. The summed E-state index contributed by atoms with van der Waals surface area (Å²) in [5.74, 6) is 2.71. The van der Waals surface area contributed by atoms with Gasteiger partial charge in [-0.2, -0.15) is 4.98 Å². The largest absolute Gasteiger partial charge is 0.457 e. The van der Waals surface area contributed by atoms with Crippen LogP contribution in [0.25, 0.3) is 11.0 Å². The first-order valence-corrected chi connectivity index (χ1v) is 8.34. The zero-order chi connectivity index (χ0) is 17.8. The lowest BCUT2D eigenvalue weighted by molar-refractivity contribution is 0.458. The highest BCUT2D eigenvalue weighted by Crippen LogP contribution is 2.29. The van der Waals surface area contributed by atoms with Gasteiger partial charge in [0, 0.05) is 19.3 Å². The van der Waals surface area contributed by atoms with E-state index in [4.69, 9.17) is 15.2 Å². The van der Waals surface area contributed by atoms with Crippen LogP contribution in [0.15, 0.2) is 73.2 Å². The standard InChI is InChI=1S/C20H18N4O2/c21-11-13-24-12-10-18-19(24)20(23-14-22-18)26-17-8-6-16(7-9-17)25-15-4-2-1-3-5-15/h1-10,12,14H,11,13,21H2. The molecule has 0 aliphatic rings. The highest BCUT2D eigenvalue weighted by Gasteiger charge is 2.11. The fraction of sp³-hybridized carbons (Fsp3) is 0.100. The molecule has 4 rings (SSSR count). The molecule has 130 valence electrons. The lowest BCUT2D eigenvalue weighted by Gasteiger charge is -2.10. The number of nitrogens with zero attached hydrogens (tertiary/aromatic N) is 3. The molecule has 6 nitrogen and oxygen atoms in total. The summed E-state index contributed by atoms with van der Waals surface area (Å²) >= 11 is 0. The first-order chi connectivity index (χ1) is 12.8. The molecule has 0 fully saturated rings. The molecule has 0 bridgehead atoms. The van der Waals surface area contributed by atoms with Gasteiger partial charge in [-0.15, -0.1) is 0 Å². The van der Waals surface area contributed by atoms with Crippen molar-refractivity contribution < 1.29 is 9.47 Å². The van der Waals surface area contributed by atoms with Gasteiger partial charge in [0.2, 0.25) is 5.88 Å². The molecule has 0 aliphatic carbocycles. The van der Waals surface area contributed by atoms with Crippen molar-refractivity contribution in [1.82, 2.24) is 14.5 Å². The van der Waals surface area contributed by atoms with E-state index < -0.39 is 0 Å². The third-order valence-corrected chi connectivity index (χ3v) is 3.90. The van der Waals surface area contributed by atoms with Crippen molar-refractivity contribution >= 4 is 11.0 Å². The van der Waals surface area contributed by atoms with Crippen LogP contribution in [0.2, 0.25) is 0 Å². The summed E-state index contributed by atoms with van der Waals surface area (Å²) in [6.45, 7) is 1.21. The van der Waals surface area contributed by atoms with Gasteiger partial charge in [-0.05, 0) is 42.5 Å². The molecule has 2 heterocycles. The molecule has 4 aromatic rings. The van der Waals surface area contributed by atoms with Crippen LogP contribution in [0.4, 0.5) is 0 Å². The van der Waals surface area contributed by atoms with Crippen molar-refractivity contribution in [1.29, 1.82) is 0 Å². The minimum atomic E-state index is 0.505. The summed E-state index contributed by atoms with van der Waals surface area (Å²) < 4.78 is 13.8. The summed E-state index contributed by atoms with van der Waals surface area (Å²) in [5.41, 5.74) is 7.34. The number of aromatic nitrogens is 3. The van der Waals surface area contributed by atoms with Crippen molar-refractivity contribution in [3.8, 4) is 23.1 Å². The van der Waals surface area contributed by atoms with E-state index in [0.29, 0.717) is 24.7 Å². The summed E-state index contributed by atoms with van der Waals surface area (Å²) in [5, 5.41) is 0. The molecule has 0 atom stereocenters. The van der Waals surface area contributed by atoms with Gasteiger partial charge in [0.15, 0.2) is 0 Å². The minimum Gasteiger partial charge on any atom is -0.457 e. The maximum Gasteiger partial charge on any atom is 0.247 e. The Bertz CT molecular complexity index is 997. The quantitative estimate of drug-likeness (QED) is 0.572. The SMILES string of the molecule is NCCn1ccc2ncnc(Oc3ccc(Oc4ccccc4)cc3)c21. The number of hydrogen-bond acceptors (Lipinski definition) is 5. The number of hydrogen-bond donors (Lipinski definition) is 1. The second-order valence-electron chi connectivity index (χ2n) is 5.70. The highest BCUT2D eigenvalue weighted by atomic mass is 16.5. The lowest BCUT2D eigenvalue weighted by atomic mass is 10.3. The van der Waals surface area contributed by atoms with Crippen LogP contribution >= 0.6 is 0 Å². The molecule has 26 heavy (non-hydrogen) atoms. The van der Waals surface area contributed by atoms with E-state index in [2.05, 4.69) is 9.97 Å². The lowest BCUT2D eigenvalue weighted by Crippen LogP contribution is -2.09. The number of ether oxygens (including phenoxy) is 2. The summed E-state index contributed by atoms with van der Waals surface area (Å²) in [7, 11) is 0. The molecule has 6 heteroatoms.